The molecule has 0 aliphatic carbocycles. The number of rotatable bonds is 2. The van der Waals surface area contributed by atoms with Crippen molar-refractivity contribution in [2.24, 2.45) is 5.92 Å². The highest BCUT2D eigenvalue weighted by atomic mass is 16.3. The van der Waals surface area contributed by atoms with Gasteiger partial charge in [-0.1, -0.05) is 18.2 Å². The Bertz CT molecular complexity index is 797. The van der Waals surface area contributed by atoms with Crippen LogP contribution >= 0.6 is 0 Å². The Morgan fingerprint density at radius 1 is 1.28 bits per heavy atom. The van der Waals surface area contributed by atoms with Crippen LogP contribution in [0.2, 0.25) is 0 Å². The maximum atomic E-state index is 13.0. The van der Waals surface area contributed by atoms with E-state index in [1.165, 1.54) is 0 Å². The van der Waals surface area contributed by atoms with E-state index in [1.54, 1.807) is 13.0 Å². The van der Waals surface area contributed by atoms with Crippen LogP contribution in [0, 0.1) is 5.92 Å². The maximum absolute atomic E-state index is 13.0. The predicted octanol–water partition coefficient (Wildman–Crippen LogP) is 1.72. The molecule has 0 spiro atoms. The molecule has 2 aliphatic rings. The van der Waals surface area contributed by atoms with Crippen molar-refractivity contribution >= 4 is 22.8 Å². The Hall–Kier alpha value is -2.34. The first kappa shape index (κ1) is 16.1. The van der Waals surface area contributed by atoms with Gasteiger partial charge in [-0.3, -0.25) is 9.59 Å². The Balaban J connectivity index is 1.60. The van der Waals surface area contributed by atoms with Gasteiger partial charge in [-0.2, -0.15) is 0 Å². The summed E-state index contributed by atoms with van der Waals surface area (Å²) in [7, 11) is 2.08. The number of amides is 2. The van der Waals surface area contributed by atoms with Gasteiger partial charge < -0.3 is 19.5 Å². The minimum absolute atomic E-state index is 0.0346. The van der Waals surface area contributed by atoms with E-state index in [9.17, 15) is 9.59 Å². The molecule has 6 nitrogen and oxygen atoms in total. The van der Waals surface area contributed by atoms with Crippen LogP contribution in [0.4, 0.5) is 0 Å². The van der Waals surface area contributed by atoms with Crippen molar-refractivity contribution in [2.75, 3.05) is 33.2 Å². The van der Waals surface area contributed by atoms with Gasteiger partial charge in [0.15, 0.2) is 5.76 Å². The minimum Gasteiger partial charge on any atom is -0.451 e. The van der Waals surface area contributed by atoms with Crippen molar-refractivity contribution in [3.63, 3.8) is 0 Å². The number of likely N-dealkylation sites (tertiary alicyclic amines) is 2. The summed E-state index contributed by atoms with van der Waals surface area (Å²) in [6.45, 7) is 4.53. The molecule has 1 aromatic heterocycles. The lowest BCUT2D eigenvalue weighted by Crippen LogP contribution is -2.60. The van der Waals surface area contributed by atoms with Crippen LogP contribution in [0.3, 0.4) is 0 Å². The topological polar surface area (TPSA) is 65.8 Å². The van der Waals surface area contributed by atoms with Gasteiger partial charge in [0.2, 0.25) is 5.91 Å². The van der Waals surface area contributed by atoms with E-state index in [0.717, 1.165) is 30.5 Å². The Morgan fingerprint density at radius 3 is 2.84 bits per heavy atom. The second kappa shape index (κ2) is 5.88. The molecule has 0 radical (unpaired) electrons. The number of piperidine rings is 1. The van der Waals surface area contributed by atoms with Gasteiger partial charge in [-0.25, -0.2) is 0 Å². The number of para-hydroxylation sites is 1. The average Bonchev–Trinajstić information content (AvgIpc) is 3.15. The monoisotopic (exact) mass is 341 g/mol. The third-order valence-corrected chi connectivity index (χ3v) is 5.52. The van der Waals surface area contributed by atoms with Crippen LogP contribution in [0.15, 0.2) is 34.7 Å². The van der Waals surface area contributed by atoms with Crippen LogP contribution in [-0.4, -0.2) is 60.4 Å². The van der Waals surface area contributed by atoms with E-state index in [0.29, 0.717) is 18.8 Å². The van der Waals surface area contributed by atoms with E-state index in [-0.39, 0.29) is 23.3 Å². The van der Waals surface area contributed by atoms with E-state index < -0.39 is 0 Å². The van der Waals surface area contributed by atoms with Gasteiger partial charge in [0.25, 0.3) is 5.91 Å². The number of carbonyl (C=O) groups excluding carboxylic acids is 2. The van der Waals surface area contributed by atoms with E-state index in [2.05, 4.69) is 17.3 Å². The van der Waals surface area contributed by atoms with Crippen molar-refractivity contribution < 1.29 is 14.0 Å². The van der Waals surface area contributed by atoms with Crippen molar-refractivity contribution in [3.05, 3.63) is 36.1 Å². The molecule has 6 heteroatoms. The summed E-state index contributed by atoms with van der Waals surface area (Å²) in [5.41, 5.74) is 0.402. The lowest BCUT2D eigenvalue weighted by Gasteiger charge is -2.42. The number of furan rings is 1. The molecule has 2 aromatic rings. The molecule has 1 N–H and O–H groups in total. The van der Waals surface area contributed by atoms with Gasteiger partial charge in [-0.05, 0) is 25.6 Å². The average molecular weight is 341 g/mol. The molecule has 0 unspecified atom stereocenters. The molecule has 25 heavy (non-hydrogen) atoms. The normalized spacial score (nSPS) is 26.6. The minimum atomic E-state index is -0.319. The summed E-state index contributed by atoms with van der Waals surface area (Å²) in [6, 6.07) is 9.43. The van der Waals surface area contributed by atoms with Crippen LogP contribution in [0.5, 0.6) is 0 Å². The maximum Gasteiger partial charge on any atom is 0.289 e. The first-order valence-corrected chi connectivity index (χ1v) is 8.72. The van der Waals surface area contributed by atoms with Gasteiger partial charge in [0.1, 0.15) is 5.58 Å². The van der Waals surface area contributed by atoms with Crippen LogP contribution in [0.25, 0.3) is 11.0 Å². The molecule has 4 rings (SSSR count). The fourth-order valence-electron chi connectivity index (χ4n) is 4.30. The molecule has 2 saturated heterocycles. The molecule has 132 valence electrons. The van der Waals surface area contributed by atoms with Crippen molar-refractivity contribution in [3.8, 4) is 0 Å². The van der Waals surface area contributed by atoms with Gasteiger partial charge in [0.05, 0.1) is 5.54 Å². The fraction of sp³-hybridized carbons (Fsp3) is 0.474. The smallest absolute Gasteiger partial charge is 0.289 e. The number of nitrogens with zero attached hydrogens (tertiary/aromatic N) is 2. The second-order valence-corrected chi connectivity index (χ2v) is 7.38. The third kappa shape index (κ3) is 2.80. The summed E-state index contributed by atoms with van der Waals surface area (Å²) in [4.78, 5) is 28.8. The van der Waals surface area contributed by atoms with E-state index in [1.807, 2.05) is 29.2 Å². The van der Waals surface area contributed by atoms with Crippen LogP contribution < -0.4 is 5.32 Å². The fourth-order valence-corrected chi connectivity index (χ4v) is 4.30. The highest BCUT2D eigenvalue weighted by molar-refractivity contribution is 5.96. The van der Waals surface area contributed by atoms with Crippen LogP contribution in [-0.2, 0) is 4.79 Å². The first-order chi connectivity index (χ1) is 12.0. The van der Waals surface area contributed by atoms with Crippen molar-refractivity contribution in [1.29, 1.82) is 0 Å². The SMILES string of the molecule is CC(=O)N[C@@]12CCN(C)C[C@@H]1CN(C(=O)c1cc3ccccc3o1)C2. The van der Waals surface area contributed by atoms with E-state index >= 15 is 0 Å². The molecular formula is C19H23N3O3. The summed E-state index contributed by atoms with van der Waals surface area (Å²) in [6.07, 6.45) is 0.859. The van der Waals surface area contributed by atoms with Crippen molar-refractivity contribution in [2.45, 2.75) is 18.9 Å². The second-order valence-electron chi connectivity index (χ2n) is 7.38. The summed E-state index contributed by atoms with van der Waals surface area (Å²) < 4.78 is 5.74. The zero-order valence-electron chi connectivity index (χ0n) is 14.6. The lowest BCUT2D eigenvalue weighted by atomic mass is 9.80. The zero-order chi connectivity index (χ0) is 17.6. The lowest BCUT2D eigenvalue weighted by molar-refractivity contribution is -0.121. The zero-order valence-corrected chi connectivity index (χ0v) is 14.6. The molecule has 0 saturated carbocycles. The molecular weight excluding hydrogens is 318 g/mol. The molecule has 2 amide bonds. The Labute approximate surface area is 146 Å². The molecule has 3 heterocycles. The number of benzene rings is 1. The molecule has 1 aromatic carbocycles. The quantitative estimate of drug-likeness (QED) is 0.903. The number of nitrogens with one attached hydrogen (secondary N) is 1. The number of hydrogen-bond acceptors (Lipinski definition) is 4. The number of carbonyl (C=O) groups is 2. The largest absolute Gasteiger partial charge is 0.451 e. The highest BCUT2D eigenvalue weighted by Crippen LogP contribution is 2.36. The highest BCUT2D eigenvalue weighted by Gasteiger charge is 2.51. The molecule has 2 fully saturated rings. The first-order valence-electron chi connectivity index (χ1n) is 8.72. The van der Waals surface area contributed by atoms with Gasteiger partial charge in [-0.15, -0.1) is 0 Å². The summed E-state index contributed by atoms with van der Waals surface area (Å²) in [5, 5.41) is 4.08. The molecule has 0 bridgehead atoms. The van der Waals surface area contributed by atoms with Crippen molar-refractivity contribution in [1.82, 2.24) is 15.1 Å². The van der Waals surface area contributed by atoms with Gasteiger partial charge in [0, 0.05) is 44.4 Å². The van der Waals surface area contributed by atoms with E-state index in [4.69, 9.17) is 4.42 Å². The molecule has 2 atom stereocenters. The Morgan fingerprint density at radius 2 is 2.08 bits per heavy atom. The predicted molar refractivity (Wildman–Crippen MR) is 94.3 cm³/mol. The Kier molecular flexibility index (Phi) is 3.80. The standard InChI is InChI=1S/C19H23N3O3/c1-13(23)20-19-7-8-21(2)10-15(19)11-22(12-19)18(24)17-9-14-5-3-4-6-16(14)25-17/h3-6,9,15H,7-8,10-12H2,1-2H3,(H,20,23)/t15-,19-/m1/s1. The van der Waals surface area contributed by atoms with Gasteiger partial charge >= 0.3 is 0 Å². The number of hydrogen-bond donors (Lipinski definition) is 1. The third-order valence-electron chi connectivity index (χ3n) is 5.52. The van der Waals surface area contributed by atoms with Crippen LogP contribution in [0.1, 0.15) is 23.9 Å². The molecule has 2 aliphatic heterocycles. The summed E-state index contributed by atoms with van der Waals surface area (Å²) in [5.74, 6) is 0.472. The summed E-state index contributed by atoms with van der Waals surface area (Å²) >= 11 is 0. The number of fused-ring (bicyclic) bond motifs is 2.